The van der Waals surface area contributed by atoms with E-state index in [9.17, 15) is 4.39 Å². The van der Waals surface area contributed by atoms with Crippen molar-refractivity contribution in [2.24, 2.45) is 5.41 Å². The van der Waals surface area contributed by atoms with Crippen LogP contribution in [0, 0.1) is 11.2 Å². The maximum absolute atomic E-state index is 13.3. The topological polar surface area (TPSA) is 21.3 Å². The summed E-state index contributed by atoms with van der Waals surface area (Å²) in [6.07, 6.45) is 5.05. The summed E-state index contributed by atoms with van der Waals surface area (Å²) in [6, 6.07) is 5.00. The van der Waals surface area contributed by atoms with Gasteiger partial charge in [-0.3, -0.25) is 0 Å². The number of rotatable bonds is 4. The highest BCUT2D eigenvalue weighted by atomic mass is 35.5. The van der Waals surface area contributed by atoms with Crippen LogP contribution in [-0.2, 0) is 4.74 Å². The van der Waals surface area contributed by atoms with Crippen LogP contribution in [0.5, 0.6) is 0 Å². The molecule has 3 rings (SSSR count). The lowest BCUT2D eigenvalue weighted by molar-refractivity contribution is -0.157. The van der Waals surface area contributed by atoms with Gasteiger partial charge in [-0.15, -0.1) is 0 Å². The first-order valence-corrected chi connectivity index (χ1v) is 7.36. The minimum atomic E-state index is -0.293. The van der Waals surface area contributed by atoms with E-state index in [2.05, 4.69) is 5.32 Å². The fourth-order valence-electron chi connectivity index (χ4n) is 3.48. The fraction of sp³-hybridized carbons (Fsp3) is 0.600. The number of hydrogen-bond acceptors (Lipinski definition) is 2. The number of hydrogen-bond donors (Lipinski definition) is 1. The Morgan fingerprint density at radius 3 is 2.79 bits per heavy atom. The number of halogens is 2. The molecule has 104 valence electrons. The molecule has 0 bridgehead atoms. The Hall–Kier alpha value is -0.800. The molecule has 2 aliphatic rings. The predicted molar refractivity (Wildman–Crippen MR) is 75.1 cm³/mol. The highest BCUT2D eigenvalue weighted by Crippen LogP contribution is 2.58. The van der Waals surface area contributed by atoms with Gasteiger partial charge in [0, 0.05) is 28.8 Å². The number of ether oxygens (including phenoxy) is 1. The molecule has 1 N–H and O–H groups in total. The van der Waals surface area contributed by atoms with Gasteiger partial charge in [-0.1, -0.05) is 18.0 Å². The largest absolute Gasteiger partial charge is 0.381 e. The first kappa shape index (κ1) is 13.2. The Labute approximate surface area is 118 Å². The van der Waals surface area contributed by atoms with Gasteiger partial charge in [0.1, 0.15) is 5.82 Å². The van der Waals surface area contributed by atoms with Crippen LogP contribution in [0.15, 0.2) is 18.2 Å². The minimum Gasteiger partial charge on any atom is -0.381 e. The normalized spacial score (nSPS) is 27.7. The van der Waals surface area contributed by atoms with Gasteiger partial charge < -0.3 is 10.1 Å². The zero-order valence-electron chi connectivity index (χ0n) is 11.1. The molecule has 4 heteroatoms. The van der Waals surface area contributed by atoms with E-state index >= 15 is 0 Å². The van der Waals surface area contributed by atoms with Gasteiger partial charge in [-0.2, -0.15) is 0 Å². The quantitative estimate of drug-likeness (QED) is 0.892. The van der Waals surface area contributed by atoms with Crippen LogP contribution in [0.4, 0.5) is 10.1 Å². The average molecular weight is 284 g/mol. The standard InChI is InChI=1S/C15H19ClFNO/c1-2-19-14-9-13(15(14)4-3-5-15)18-12-7-10(16)6-11(17)8-12/h6-8,13-14,18H,2-5,9H2,1H3. The molecule has 1 aromatic carbocycles. The van der Waals surface area contributed by atoms with E-state index in [0.717, 1.165) is 18.7 Å². The van der Waals surface area contributed by atoms with Crippen molar-refractivity contribution in [3.05, 3.63) is 29.0 Å². The van der Waals surface area contributed by atoms with E-state index < -0.39 is 0 Å². The van der Waals surface area contributed by atoms with Crippen LogP contribution in [-0.4, -0.2) is 18.8 Å². The third-order valence-electron chi connectivity index (χ3n) is 4.64. The van der Waals surface area contributed by atoms with E-state index in [-0.39, 0.29) is 11.2 Å². The predicted octanol–water partition coefficient (Wildman–Crippen LogP) is 4.24. The van der Waals surface area contributed by atoms with Crippen molar-refractivity contribution in [2.45, 2.75) is 44.8 Å². The third-order valence-corrected chi connectivity index (χ3v) is 4.86. The summed E-state index contributed by atoms with van der Waals surface area (Å²) in [5.74, 6) is -0.293. The summed E-state index contributed by atoms with van der Waals surface area (Å²) in [5, 5.41) is 3.87. The third kappa shape index (κ3) is 2.23. The molecule has 0 amide bonds. The summed E-state index contributed by atoms with van der Waals surface area (Å²) >= 11 is 5.89. The van der Waals surface area contributed by atoms with Crippen molar-refractivity contribution in [3.8, 4) is 0 Å². The van der Waals surface area contributed by atoms with Crippen molar-refractivity contribution in [2.75, 3.05) is 11.9 Å². The Kier molecular flexibility index (Phi) is 3.44. The number of nitrogens with one attached hydrogen (secondary N) is 1. The molecule has 0 heterocycles. The van der Waals surface area contributed by atoms with Gasteiger partial charge in [0.2, 0.25) is 0 Å². The first-order chi connectivity index (χ1) is 9.14. The highest BCUT2D eigenvalue weighted by molar-refractivity contribution is 6.30. The molecule has 0 aromatic heterocycles. The molecule has 1 aromatic rings. The van der Waals surface area contributed by atoms with E-state index in [1.807, 2.05) is 6.92 Å². The number of benzene rings is 1. The van der Waals surface area contributed by atoms with Crippen molar-refractivity contribution in [1.29, 1.82) is 0 Å². The van der Waals surface area contributed by atoms with Crippen LogP contribution < -0.4 is 5.32 Å². The Morgan fingerprint density at radius 2 is 2.21 bits per heavy atom. The second-order valence-electron chi connectivity index (χ2n) is 5.62. The fourth-order valence-corrected chi connectivity index (χ4v) is 3.70. The molecular formula is C15H19ClFNO. The maximum Gasteiger partial charge on any atom is 0.126 e. The molecular weight excluding hydrogens is 265 g/mol. The smallest absolute Gasteiger partial charge is 0.126 e. The van der Waals surface area contributed by atoms with Crippen molar-refractivity contribution >= 4 is 17.3 Å². The lowest BCUT2D eigenvalue weighted by atomic mass is 9.51. The minimum absolute atomic E-state index is 0.273. The average Bonchev–Trinajstić information content (AvgIpc) is 2.23. The zero-order valence-corrected chi connectivity index (χ0v) is 11.8. The van der Waals surface area contributed by atoms with E-state index in [1.54, 1.807) is 6.07 Å². The Morgan fingerprint density at radius 1 is 1.42 bits per heavy atom. The molecule has 0 aliphatic heterocycles. The molecule has 0 saturated heterocycles. The second kappa shape index (κ2) is 4.95. The van der Waals surface area contributed by atoms with Gasteiger partial charge in [0.25, 0.3) is 0 Å². The maximum atomic E-state index is 13.3. The van der Waals surface area contributed by atoms with Gasteiger partial charge in [-0.25, -0.2) is 4.39 Å². The highest BCUT2D eigenvalue weighted by Gasteiger charge is 2.58. The lowest BCUT2D eigenvalue weighted by Gasteiger charge is -2.61. The Balaban J connectivity index is 1.71. The molecule has 2 aliphatic carbocycles. The summed E-state index contributed by atoms with van der Waals surface area (Å²) < 4.78 is 19.1. The lowest BCUT2D eigenvalue weighted by Crippen LogP contribution is -2.64. The van der Waals surface area contributed by atoms with Crippen LogP contribution in [0.2, 0.25) is 5.02 Å². The van der Waals surface area contributed by atoms with Crippen molar-refractivity contribution in [3.63, 3.8) is 0 Å². The van der Waals surface area contributed by atoms with Crippen LogP contribution >= 0.6 is 11.6 Å². The molecule has 0 radical (unpaired) electrons. The Bertz CT molecular complexity index is 455. The van der Waals surface area contributed by atoms with Crippen molar-refractivity contribution in [1.82, 2.24) is 0 Å². The van der Waals surface area contributed by atoms with Crippen molar-refractivity contribution < 1.29 is 9.13 Å². The van der Waals surface area contributed by atoms with Gasteiger partial charge in [-0.05, 0) is 44.4 Å². The summed E-state index contributed by atoms with van der Waals surface area (Å²) in [5.41, 5.74) is 1.05. The molecule has 2 nitrogen and oxygen atoms in total. The second-order valence-corrected chi connectivity index (χ2v) is 6.06. The molecule has 2 fully saturated rings. The molecule has 2 atom stereocenters. The monoisotopic (exact) mass is 283 g/mol. The summed E-state index contributed by atoms with van der Waals surface area (Å²) in [6.45, 7) is 2.81. The SMILES string of the molecule is CCOC1CC(Nc2cc(F)cc(Cl)c2)C12CCC2. The van der Waals surface area contributed by atoms with Gasteiger partial charge in [0.05, 0.1) is 6.10 Å². The molecule has 2 unspecified atom stereocenters. The summed E-state index contributed by atoms with van der Waals surface area (Å²) in [4.78, 5) is 0. The van der Waals surface area contributed by atoms with Crippen LogP contribution in [0.3, 0.4) is 0 Å². The van der Waals surface area contributed by atoms with E-state index in [0.29, 0.717) is 17.2 Å². The molecule has 19 heavy (non-hydrogen) atoms. The van der Waals surface area contributed by atoms with E-state index in [1.165, 1.54) is 31.4 Å². The van der Waals surface area contributed by atoms with Crippen LogP contribution in [0.1, 0.15) is 32.6 Å². The first-order valence-electron chi connectivity index (χ1n) is 6.98. The van der Waals surface area contributed by atoms with E-state index in [4.69, 9.17) is 16.3 Å². The number of anilines is 1. The summed E-state index contributed by atoms with van der Waals surface area (Å²) in [7, 11) is 0. The van der Waals surface area contributed by atoms with Crippen LogP contribution in [0.25, 0.3) is 0 Å². The zero-order chi connectivity index (χ0) is 13.5. The van der Waals surface area contributed by atoms with Gasteiger partial charge >= 0.3 is 0 Å². The molecule has 2 saturated carbocycles. The van der Waals surface area contributed by atoms with Gasteiger partial charge in [0.15, 0.2) is 0 Å². The molecule has 1 spiro atoms.